The molecule has 6 heteroatoms. The zero-order valence-corrected chi connectivity index (χ0v) is 24.9. The van der Waals surface area contributed by atoms with E-state index in [4.69, 9.17) is 11.5 Å². The molecule has 6 nitrogen and oxygen atoms in total. The molecule has 0 radical (unpaired) electrons. The number of unbranched alkanes of at least 4 members (excludes halogenated alkanes) is 18. The van der Waals surface area contributed by atoms with Gasteiger partial charge in [-0.1, -0.05) is 154 Å². The fourth-order valence-corrected chi connectivity index (χ4v) is 6.36. The highest BCUT2D eigenvalue weighted by molar-refractivity contribution is 5.71. The monoisotopic (exact) mass is 537 g/mol. The molecule has 0 spiro atoms. The van der Waals surface area contributed by atoms with Crippen LogP contribution in [0.5, 0.6) is 0 Å². The van der Waals surface area contributed by atoms with Crippen LogP contribution in [0.15, 0.2) is 0 Å². The molecule has 1 aliphatic rings. The second-order valence-corrected chi connectivity index (χ2v) is 12.0. The summed E-state index contributed by atoms with van der Waals surface area (Å²) in [7, 11) is 0. The van der Waals surface area contributed by atoms with Crippen LogP contribution in [0.2, 0.25) is 0 Å². The minimum atomic E-state index is -0.404. The topological polar surface area (TPSA) is 110 Å². The third-order valence-electron chi connectivity index (χ3n) is 8.67. The van der Waals surface area contributed by atoms with Crippen LogP contribution in [0.1, 0.15) is 167 Å². The lowest BCUT2D eigenvalue weighted by atomic mass is 9.74. The first-order valence-corrected chi connectivity index (χ1v) is 16.7. The van der Waals surface area contributed by atoms with E-state index in [1.807, 2.05) is 0 Å². The SMILES string of the molecule is NC(=O)NCCCCCCCCCCCC[C@H]1CCCC[C@@H]1CCCCCCCCCCCCNC(N)=O. The Balaban J connectivity index is 1.88. The molecular formula is C32H64N4O2. The van der Waals surface area contributed by atoms with E-state index < -0.39 is 12.1 Å². The molecule has 0 heterocycles. The van der Waals surface area contributed by atoms with Crippen molar-refractivity contribution in [1.82, 2.24) is 10.6 Å². The average molecular weight is 537 g/mol. The maximum Gasteiger partial charge on any atom is 0.312 e. The van der Waals surface area contributed by atoms with Gasteiger partial charge in [0.15, 0.2) is 0 Å². The van der Waals surface area contributed by atoms with Gasteiger partial charge in [0, 0.05) is 13.1 Å². The van der Waals surface area contributed by atoms with Crippen LogP contribution < -0.4 is 22.1 Å². The Morgan fingerprint density at radius 2 is 0.711 bits per heavy atom. The maximum atomic E-state index is 10.6. The van der Waals surface area contributed by atoms with Gasteiger partial charge < -0.3 is 22.1 Å². The highest BCUT2D eigenvalue weighted by Gasteiger charge is 2.23. The molecule has 1 aliphatic carbocycles. The second kappa shape index (κ2) is 25.8. The summed E-state index contributed by atoms with van der Waals surface area (Å²) in [5.74, 6) is 2.04. The van der Waals surface area contributed by atoms with Gasteiger partial charge in [0.05, 0.1) is 0 Å². The van der Waals surface area contributed by atoms with Gasteiger partial charge in [0.25, 0.3) is 0 Å². The zero-order chi connectivity index (χ0) is 27.5. The van der Waals surface area contributed by atoms with Gasteiger partial charge >= 0.3 is 12.1 Å². The van der Waals surface area contributed by atoms with E-state index in [0.29, 0.717) is 0 Å². The van der Waals surface area contributed by atoms with Crippen molar-refractivity contribution < 1.29 is 9.59 Å². The number of carbonyl (C=O) groups excluding carboxylic acids is 2. The first kappa shape index (κ1) is 34.6. The molecule has 0 aliphatic heterocycles. The van der Waals surface area contributed by atoms with E-state index in [9.17, 15) is 9.59 Å². The third-order valence-corrected chi connectivity index (χ3v) is 8.67. The van der Waals surface area contributed by atoms with Gasteiger partial charge in [0.2, 0.25) is 0 Å². The first-order valence-electron chi connectivity index (χ1n) is 16.7. The van der Waals surface area contributed by atoms with Crippen LogP contribution in [0.4, 0.5) is 9.59 Å². The van der Waals surface area contributed by atoms with Crippen LogP contribution in [0, 0.1) is 11.8 Å². The number of amides is 4. The van der Waals surface area contributed by atoms with Gasteiger partial charge in [0.1, 0.15) is 0 Å². The van der Waals surface area contributed by atoms with E-state index in [1.165, 1.54) is 154 Å². The van der Waals surface area contributed by atoms with Gasteiger partial charge in [-0.3, -0.25) is 0 Å². The molecule has 1 saturated carbocycles. The summed E-state index contributed by atoms with van der Waals surface area (Å²) in [5, 5.41) is 5.32. The molecule has 6 N–H and O–H groups in total. The lowest BCUT2D eigenvalue weighted by molar-refractivity contribution is 0.202. The number of hydrogen-bond donors (Lipinski definition) is 4. The summed E-state index contributed by atoms with van der Waals surface area (Å²) in [6, 6.07) is -0.807. The van der Waals surface area contributed by atoms with Crippen molar-refractivity contribution >= 4 is 12.1 Å². The second-order valence-electron chi connectivity index (χ2n) is 12.0. The quantitative estimate of drug-likeness (QED) is 0.0829. The lowest BCUT2D eigenvalue weighted by Gasteiger charge is -2.32. The number of nitrogens with two attached hydrogens (primary N) is 2. The third kappa shape index (κ3) is 22.5. The Hall–Kier alpha value is -1.46. The number of hydrogen-bond acceptors (Lipinski definition) is 2. The zero-order valence-electron chi connectivity index (χ0n) is 24.9. The summed E-state index contributed by atoms with van der Waals surface area (Å²) < 4.78 is 0. The van der Waals surface area contributed by atoms with E-state index in [2.05, 4.69) is 10.6 Å². The fourth-order valence-electron chi connectivity index (χ4n) is 6.36. The van der Waals surface area contributed by atoms with Gasteiger partial charge in [-0.2, -0.15) is 0 Å². The Morgan fingerprint density at radius 1 is 0.447 bits per heavy atom. The molecule has 4 amide bonds. The van der Waals surface area contributed by atoms with Crippen LogP contribution in [0.3, 0.4) is 0 Å². The molecule has 2 atom stereocenters. The molecule has 0 aromatic carbocycles. The molecule has 0 aromatic rings. The molecular weight excluding hydrogens is 472 g/mol. The summed E-state index contributed by atoms with van der Waals surface area (Å²) in [4.78, 5) is 21.2. The van der Waals surface area contributed by atoms with Crippen molar-refractivity contribution in [2.75, 3.05) is 13.1 Å². The summed E-state index contributed by atoms with van der Waals surface area (Å²) >= 11 is 0. The van der Waals surface area contributed by atoms with Crippen molar-refractivity contribution in [3.8, 4) is 0 Å². The van der Waals surface area contributed by atoms with E-state index in [1.54, 1.807) is 0 Å². The maximum absolute atomic E-state index is 10.6. The smallest absolute Gasteiger partial charge is 0.312 e. The van der Waals surface area contributed by atoms with E-state index in [0.717, 1.165) is 37.8 Å². The lowest BCUT2D eigenvalue weighted by Crippen LogP contribution is -2.29. The molecule has 0 unspecified atom stereocenters. The van der Waals surface area contributed by atoms with Crippen LogP contribution in [-0.2, 0) is 0 Å². The molecule has 0 bridgehead atoms. The minimum absolute atomic E-state index is 0.404. The first-order chi connectivity index (χ1) is 18.6. The predicted molar refractivity (Wildman–Crippen MR) is 162 cm³/mol. The molecule has 1 fully saturated rings. The summed E-state index contributed by atoms with van der Waals surface area (Å²) in [6.07, 6.45) is 35.6. The Bertz CT molecular complexity index is 510. The number of nitrogens with one attached hydrogen (secondary N) is 2. The standard InChI is InChI=1S/C32H64N4O2/c33-31(37)35-27-21-15-11-7-3-1-5-9-13-17-23-29-25-19-20-26-30(29)24-18-14-10-6-2-4-8-12-16-22-28-36-32(34)38/h29-30H,1-28H2,(H3,33,35,37)(H3,34,36,38)/t29-,30-/m0/s1. The molecule has 0 aromatic heterocycles. The Morgan fingerprint density at radius 3 is 1.00 bits per heavy atom. The highest BCUT2D eigenvalue weighted by atomic mass is 16.2. The number of urea groups is 2. The number of carbonyl (C=O) groups is 2. The summed E-state index contributed by atoms with van der Waals surface area (Å²) in [5.41, 5.74) is 10.1. The number of rotatable bonds is 26. The molecule has 1 rings (SSSR count). The van der Waals surface area contributed by atoms with Gasteiger partial charge in [-0.15, -0.1) is 0 Å². The van der Waals surface area contributed by atoms with Gasteiger partial charge in [-0.05, 0) is 24.7 Å². The summed E-state index contributed by atoms with van der Waals surface area (Å²) in [6.45, 7) is 1.44. The van der Waals surface area contributed by atoms with Gasteiger partial charge in [-0.25, -0.2) is 9.59 Å². The van der Waals surface area contributed by atoms with E-state index in [-0.39, 0.29) is 0 Å². The van der Waals surface area contributed by atoms with Crippen molar-refractivity contribution in [3.63, 3.8) is 0 Å². The Labute approximate surface area is 235 Å². The van der Waals surface area contributed by atoms with Crippen LogP contribution >= 0.6 is 0 Å². The van der Waals surface area contributed by atoms with Crippen molar-refractivity contribution in [2.24, 2.45) is 23.3 Å². The largest absolute Gasteiger partial charge is 0.352 e. The molecule has 0 saturated heterocycles. The number of primary amides is 2. The van der Waals surface area contributed by atoms with Crippen molar-refractivity contribution in [1.29, 1.82) is 0 Å². The van der Waals surface area contributed by atoms with Crippen LogP contribution in [-0.4, -0.2) is 25.2 Å². The molecule has 224 valence electrons. The predicted octanol–water partition coefficient (Wildman–Crippen LogP) is 8.71. The molecule has 38 heavy (non-hydrogen) atoms. The normalized spacial score (nSPS) is 17.4. The fraction of sp³-hybridized carbons (Fsp3) is 0.938. The van der Waals surface area contributed by atoms with Crippen molar-refractivity contribution in [2.45, 2.75) is 167 Å². The highest BCUT2D eigenvalue weighted by Crippen LogP contribution is 2.37. The minimum Gasteiger partial charge on any atom is -0.352 e. The average Bonchev–Trinajstić information content (AvgIpc) is 2.89. The Kier molecular flexibility index (Phi) is 23.5. The van der Waals surface area contributed by atoms with E-state index >= 15 is 0 Å². The van der Waals surface area contributed by atoms with Crippen molar-refractivity contribution in [3.05, 3.63) is 0 Å². The van der Waals surface area contributed by atoms with Crippen LogP contribution in [0.25, 0.3) is 0 Å².